The van der Waals surface area contributed by atoms with Crippen LogP contribution >= 0.6 is 0 Å². The summed E-state index contributed by atoms with van der Waals surface area (Å²) in [6, 6.07) is 62.6. The number of hydrogen-bond acceptors (Lipinski definition) is 3. The smallest absolute Gasteiger partial charge is 0.149 e. The lowest BCUT2D eigenvalue weighted by Gasteiger charge is -2.26. The van der Waals surface area contributed by atoms with Crippen LogP contribution in [0.3, 0.4) is 0 Å². The van der Waals surface area contributed by atoms with Gasteiger partial charge in [-0.3, -0.25) is 4.90 Å². The number of rotatable bonds is 5. The lowest BCUT2D eigenvalue weighted by molar-refractivity contribution is 0.672. The van der Waals surface area contributed by atoms with E-state index in [2.05, 4.69) is 175 Å². The molecule has 0 unspecified atom stereocenters. The molecule has 0 aliphatic carbocycles. The molecule has 0 radical (unpaired) electrons. The van der Waals surface area contributed by atoms with E-state index in [-0.39, 0.29) is 0 Å². The van der Waals surface area contributed by atoms with Gasteiger partial charge in [-0.25, -0.2) is 4.98 Å². The molecule has 0 atom stereocenters. The molecule has 0 fully saturated rings. The lowest BCUT2D eigenvalue weighted by atomic mass is 9.98. The van der Waals surface area contributed by atoms with Crippen LogP contribution in [0.1, 0.15) is 0 Å². The van der Waals surface area contributed by atoms with Crippen molar-refractivity contribution >= 4 is 71.4 Å². The predicted molar refractivity (Wildman–Crippen MR) is 210 cm³/mol. The van der Waals surface area contributed by atoms with E-state index >= 15 is 0 Å². The van der Waals surface area contributed by atoms with Crippen LogP contribution in [0, 0.1) is 0 Å². The van der Waals surface area contributed by atoms with Crippen molar-refractivity contribution in [2.75, 3.05) is 4.90 Å². The maximum absolute atomic E-state index is 6.61. The zero-order valence-corrected chi connectivity index (χ0v) is 27.1. The Morgan fingerprint density at radius 3 is 1.94 bits per heavy atom. The maximum Gasteiger partial charge on any atom is 0.149 e. The molecular formula is C47H30N2O. The molecule has 10 rings (SSSR count). The van der Waals surface area contributed by atoms with Gasteiger partial charge in [0.25, 0.3) is 0 Å². The third kappa shape index (κ3) is 4.63. The summed E-state index contributed by atoms with van der Waals surface area (Å²) in [6.07, 6.45) is 1.85. The van der Waals surface area contributed by atoms with Crippen LogP contribution in [0.5, 0.6) is 0 Å². The standard InChI is InChI=1S/C47H30N2O/c1-2-12-35-29-37(20-19-31(35)9-1)36-14-7-15-39(30-36)49(38-24-21-34(22-25-38)41-18-8-13-32-10-3-5-16-40(32)41)47-45-43-26-23-33-11-4-6-17-42(33)46(43)50-44(45)27-28-48-47/h1-30H. The van der Waals surface area contributed by atoms with Crippen molar-refractivity contribution in [3.05, 3.63) is 182 Å². The summed E-state index contributed by atoms with van der Waals surface area (Å²) in [7, 11) is 0. The molecule has 0 bridgehead atoms. The Morgan fingerprint density at radius 1 is 0.420 bits per heavy atom. The third-order valence-electron chi connectivity index (χ3n) is 9.88. The zero-order chi connectivity index (χ0) is 33.0. The van der Waals surface area contributed by atoms with E-state index in [9.17, 15) is 0 Å². The summed E-state index contributed by atoms with van der Waals surface area (Å²) in [4.78, 5) is 7.36. The van der Waals surface area contributed by atoms with Crippen molar-refractivity contribution in [1.82, 2.24) is 4.98 Å². The molecule has 0 aliphatic rings. The van der Waals surface area contributed by atoms with E-state index in [0.717, 1.165) is 55.5 Å². The van der Waals surface area contributed by atoms with E-state index in [4.69, 9.17) is 9.40 Å². The minimum absolute atomic E-state index is 0.810. The van der Waals surface area contributed by atoms with Crippen LogP contribution in [0.15, 0.2) is 187 Å². The van der Waals surface area contributed by atoms with Crippen molar-refractivity contribution in [2.45, 2.75) is 0 Å². The van der Waals surface area contributed by atoms with E-state index in [0.29, 0.717) is 0 Å². The van der Waals surface area contributed by atoms with Gasteiger partial charge in [-0.1, -0.05) is 133 Å². The number of hydrogen-bond donors (Lipinski definition) is 0. The summed E-state index contributed by atoms with van der Waals surface area (Å²) in [5, 5.41) is 9.21. The molecular weight excluding hydrogens is 609 g/mol. The highest BCUT2D eigenvalue weighted by molar-refractivity contribution is 6.19. The summed E-state index contributed by atoms with van der Waals surface area (Å²) < 4.78 is 6.61. The Labute approximate surface area is 289 Å². The van der Waals surface area contributed by atoms with E-state index in [1.165, 1.54) is 38.2 Å². The first-order valence-corrected chi connectivity index (χ1v) is 17.0. The van der Waals surface area contributed by atoms with Crippen molar-refractivity contribution in [3.63, 3.8) is 0 Å². The first-order chi connectivity index (χ1) is 24.8. The minimum Gasteiger partial charge on any atom is -0.455 e. The van der Waals surface area contributed by atoms with Crippen molar-refractivity contribution in [2.24, 2.45) is 0 Å². The quantitative estimate of drug-likeness (QED) is 0.188. The Morgan fingerprint density at radius 2 is 1.08 bits per heavy atom. The topological polar surface area (TPSA) is 29.3 Å². The summed E-state index contributed by atoms with van der Waals surface area (Å²) in [5.74, 6) is 0.824. The number of fused-ring (bicyclic) bond motifs is 7. The number of furan rings is 1. The molecule has 3 heteroatoms. The van der Waals surface area contributed by atoms with Crippen LogP contribution in [0.4, 0.5) is 17.2 Å². The second-order valence-corrected chi connectivity index (χ2v) is 12.8. The first kappa shape index (κ1) is 28.3. The molecule has 0 saturated carbocycles. The van der Waals surface area contributed by atoms with Gasteiger partial charge in [-0.05, 0) is 91.6 Å². The normalized spacial score (nSPS) is 11.6. The van der Waals surface area contributed by atoms with Crippen LogP contribution in [-0.2, 0) is 0 Å². The van der Waals surface area contributed by atoms with Crippen molar-refractivity contribution in [1.29, 1.82) is 0 Å². The molecule has 10 aromatic rings. The predicted octanol–water partition coefficient (Wildman–Crippen LogP) is 13.2. The summed E-state index contributed by atoms with van der Waals surface area (Å²) >= 11 is 0. The molecule has 0 aliphatic heterocycles. The Hall–Kier alpha value is -6.71. The average Bonchev–Trinajstić information content (AvgIpc) is 3.58. The van der Waals surface area contributed by atoms with Gasteiger partial charge in [0, 0.05) is 28.3 Å². The number of anilines is 3. The molecule has 0 saturated heterocycles. The maximum atomic E-state index is 6.61. The second kappa shape index (κ2) is 11.5. The van der Waals surface area contributed by atoms with Gasteiger partial charge < -0.3 is 4.42 Å². The highest BCUT2D eigenvalue weighted by Gasteiger charge is 2.22. The molecule has 234 valence electrons. The molecule has 2 heterocycles. The van der Waals surface area contributed by atoms with Gasteiger partial charge >= 0.3 is 0 Å². The van der Waals surface area contributed by atoms with Crippen LogP contribution in [-0.4, -0.2) is 4.98 Å². The number of nitrogens with zero attached hydrogens (tertiary/aromatic N) is 2. The van der Waals surface area contributed by atoms with Gasteiger partial charge in [0.2, 0.25) is 0 Å². The van der Waals surface area contributed by atoms with E-state index in [1.54, 1.807) is 0 Å². The average molecular weight is 639 g/mol. The van der Waals surface area contributed by atoms with Crippen LogP contribution in [0.2, 0.25) is 0 Å². The van der Waals surface area contributed by atoms with Gasteiger partial charge in [0.05, 0.1) is 5.39 Å². The highest BCUT2D eigenvalue weighted by Crippen LogP contribution is 2.44. The Kier molecular flexibility index (Phi) is 6.49. The first-order valence-electron chi connectivity index (χ1n) is 17.0. The Bertz CT molecular complexity index is 2880. The van der Waals surface area contributed by atoms with Crippen LogP contribution in [0.25, 0.3) is 76.5 Å². The zero-order valence-electron chi connectivity index (χ0n) is 27.1. The highest BCUT2D eigenvalue weighted by atomic mass is 16.3. The number of benzene rings is 8. The molecule has 0 amide bonds. The summed E-state index contributed by atoms with van der Waals surface area (Å²) in [5.41, 5.74) is 8.41. The molecule has 0 spiro atoms. The SMILES string of the molecule is c1cc(-c2ccc3ccccc3c2)cc(N(c2ccc(-c3cccc4ccccc34)cc2)c2nccc3oc4c5ccccc5ccc4c23)c1. The lowest BCUT2D eigenvalue weighted by Crippen LogP contribution is -2.12. The second-order valence-electron chi connectivity index (χ2n) is 12.8. The van der Waals surface area contributed by atoms with Crippen LogP contribution < -0.4 is 4.90 Å². The molecule has 50 heavy (non-hydrogen) atoms. The van der Waals surface area contributed by atoms with Gasteiger partial charge in [-0.2, -0.15) is 0 Å². The minimum atomic E-state index is 0.810. The molecule has 3 nitrogen and oxygen atoms in total. The number of aromatic nitrogens is 1. The van der Waals surface area contributed by atoms with E-state index in [1.807, 2.05) is 12.3 Å². The van der Waals surface area contributed by atoms with Gasteiger partial charge in [-0.15, -0.1) is 0 Å². The monoisotopic (exact) mass is 638 g/mol. The molecule has 2 aromatic heterocycles. The molecule has 8 aromatic carbocycles. The van der Waals surface area contributed by atoms with Gasteiger partial charge in [0.1, 0.15) is 17.0 Å². The third-order valence-corrected chi connectivity index (χ3v) is 9.88. The van der Waals surface area contributed by atoms with E-state index < -0.39 is 0 Å². The van der Waals surface area contributed by atoms with Crippen molar-refractivity contribution < 1.29 is 4.42 Å². The fraction of sp³-hybridized carbons (Fsp3) is 0. The largest absolute Gasteiger partial charge is 0.455 e. The van der Waals surface area contributed by atoms with Crippen molar-refractivity contribution in [3.8, 4) is 22.3 Å². The Balaban J connectivity index is 1.18. The fourth-order valence-corrected chi connectivity index (χ4v) is 7.46. The molecule has 0 N–H and O–H groups in total. The number of pyridine rings is 1. The van der Waals surface area contributed by atoms with Gasteiger partial charge in [0.15, 0.2) is 0 Å². The summed E-state index contributed by atoms with van der Waals surface area (Å²) in [6.45, 7) is 0. The fourth-order valence-electron chi connectivity index (χ4n) is 7.46.